The van der Waals surface area contributed by atoms with Gasteiger partial charge in [0.25, 0.3) is 5.82 Å². The SMILES string of the molecule is CCCCCCCCCCCCCCCCCCn1cc[n+](CCCc2ccccc2)c1Cc1ccccc1. The van der Waals surface area contributed by atoms with Gasteiger partial charge in [-0.05, 0) is 36.8 Å². The van der Waals surface area contributed by atoms with Crippen LogP contribution >= 0.6 is 0 Å². The molecule has 0 radical (unpaired) electrons. The lowest BCUT2D eigenvalue weighted by Crippen LogP contribution is -2.37. The summed E-state index contributed by atoms with van der Waals surface area (Å²) in [5.74, 6) is 1.45. The van der Waals surface area contributed by atoms with Gasteiger partial charge in [0, 0.05) is 0 Å². The number of hydrogen-bond acceptors (Lipinski definition) is 0. The maximum Gasteiger partial charge on any atom is 0.260 e. The summed E-state index contributed by atoms with van der Waals surface area (Å²) in [6, 6.07) is 21.9. The fraction of sp³-hybridized carbons (Fsp3) is 0.595. The quantitative estimate of drug-likeness (QED) is 0.0853. The van der Waals surface area contributed by atoms with Crippen molar-refractivity contribution in [3.63, 3.8) is 0 Å². The van der Waals surface area contributed by atoms with Gasteiger partial charge in [-0.25, -0.2) is 9.13 Å². The van der Waals surface area contributed by atoms with Crippen molar-refractivity contribution >= 4 is 0 Å². The lowest BCUT2D eigenvalue weighted by atomic mass is 10.0. The number of aromatic nitrogens is 2. The molecule has 0 aliphatic heterocycles. The van der Waals surface area contributed by atoms with E-state index in [1.807, 2.05) is 0 Å². The van der Waals surface area contributed by atoms with Gasteiger partial charge in [-0.2, -0.15) is 0 Å². The first kappa shape index (κ1) is 31.2. The van der Waals surface area contributed by atoms with Crippen LogP contribution in [-0.4, -0.2) is 4.57 Å². The van der Waals surface area contributed by atoms with Gasteiger partial charge in [0.15, 0.2) is 0 Å². The van der Waals surface area contributed by atoms with Crippen LogP contribution < -0.4 is 4.57 Å². The summed E-state index contributed by atoms with van der Waals surface area (Å²) >= 11 is 0. The Morgan fingerprint density at radius 3 is 1.56 bits per heavy atom. The third-order valence-corrected chi connectivity index (χ3v) is 8.25. The van der Waals surface area contributed by atoms with Gasteiger partial charge in [-0.1, -0.05) is 157 Å². The Morgan fingerprint density at radius 1 is 0.538 bits per heavy atom. The molecule has 0 fully saturated rings. The fourth-order valence-corrected chi connectivity index (χ4v) is 5.82. The van der Waals surface area contributed by atoms with Crippen molar-refractivity contribution in [2.24, 2.45) is 0 Å². The highest BCUT2D eigenvalue weighted by atomic mass is 15.1. The normalized spacial score (nSPS) is 11.3. The molecular weight excluding hydrogens is 472 g/mol. The first-order valence-corrected chi connectivity index (χ1v) is 16.5. The Balaban J connectivity index is 1.29. The van der Waals surface area contributed by atoms with E-state index in [-0.39, 0.29) is 0 Å². The summed E-state index contributed by atoms with van der Waals surface area (Å²) in [4.78, 5) is 0. The number of aryl methyl sites for hydroxylation is 3. The average Bonchev–Trinajstić information content (AvgIpc) is 3.34. The van der Waals surface area contributed by atoms with Crippen molar-refractivity contribution in [1.82, 2.24) is 4.57 Å². The lowest BCUT2D eigenvalue weighted by molar-refractivity contribution is -0.703. The summed E-state index contributed by atoms with van der Waals surface area (Å²) < 4.78 is 5.03. The minimum absolute atomic E-state index is 1.01. The molecule has 0 aliphatic rings. The Bertz CT molecular complexity index is 960. The van der Waals surface area contributed by atoms with Crippen molar-refractivity contribution in [3.8, 4) is 0 Å². The number of unbranched alkanes of at least 4 members (excludes halogenated alkanes) is 15. The lowest BCUT2D eigenvalue weighted by Gasteiger charge is -2.07. The molecule has 1 heterocycles. The van der Waals surface area contributed by atoms with Crippen molar-refractivity contribution in [3.05, 3.63) is 90.0 Å². The van der Waals surface area contributed by atoms with Crippen LogP contribution in [0.3, 0.4) is 0 Å². The Kier molecular flexibility index (Phi) is 16.4. The third kappa shape index (κ3) is 13.5. The molecule has 1 aromatic heterocycles. The summed E-state index contributed by atoms with van der Waals surface area (Å²) in [6.45, 7) is 4.53. The monoisotopic (exact) mass is 529 g/mol. The average molecular weight is 530 g/mol. The highest BCUT2D eigenvalue weighted by molar-refractivity contribution is 5.18. The Labute approximate surface area is 240 Å². The van der Waals surface area contributed by atoms with Crippen molar-refractivity contribution in [1.29, 1.82) is 0 Å². The molecule has 0 N–H and O–H groups in total. The predicted octanol–water partition coefficient (Wildman–Crippen LogP) is 10.3. The van der Waals surface area contributed by atoms with Crippen LogP contribution in [0.4, 0.5) is 0 Å². The molecule has 0 saturated carbocycles. The van der Waals surface area contributed by atoms with E-state index in [1.54, 1.807) is 0 Å². The summed E-state index contributed by atoms with van der Waals surface area (Å²) in [5.41, 5.74) is 2.84. The van der Waals surface area contributed by atoms with E-state index >= 15 is 0 Å². The second-order valence-electron chi connectivity index (χ2n) is 11.7. The van der Waals surface area contributed by atoms with E-state index in [0.29, 0.717) is 0 Å². The second-order valence-corrected chi connectivity index (χ2v) is 11.7. The van der Waals surface area contributed by atoms with Gasteiger partial charge < -0.3 is 0 Å². The molecule has 0 amide bonds. The molecule has 39 heavy (non-hydrogen) atoms. The zero-order valence-corrected chi connectivity index (χ0v) is 25.2. The number of rotatable bonds is 23. The minimum atomic E-state index is 1.01. The first-order chi connectivity index (χ1) is 19.4. The van der Waals surface area contributed by atoms with E-state index < -0.39 is 0 Å². The van der Waals surface area contributed by atoms with Crippen molar-refractivity contribution in [2.75, 3.05) is 0 Å². The molecule has 3 rings (SSSR count). The Morgan fingerprint density at radius 2 is 1.03 bits per heavy atom. The molecule has 0 saturated heterocycles. The molecule has 0 unspecified atom stereocenters. The van der Waals surface area contributed by atoms with E-state index in [4.69, 9.17) is 0 Å². The van der Waals surface area contributed by atoms with Crippen LogP contribution in [0.2, 0.25) is 0 Å². The van der Waals surface area contributed by atoms with Gasteiger partial charge in [0.1, 0.15) is 12.4 Å². The van der Waals surface area contributed by atoms with Gasteiger partial charge in [-0.15, -0.1) is 0 Å². The maximum absolute atomic E-state index is 2.53. The predicted molar refractivity (Wildman–Crippen MR) is 168 cm³/mol. The molecule has 0 spiro atoms. The molecule has 214 valence electrons. The van der Waals surface area contributed by atoms with Gasteiger partial charge in [-0.3, -0.25) is 0 Å². The molecule has 2 aromatic carbocycles. The topological polar surface area (TPSA) is 8.81 Å². The molecule has 0 bridgehead atoms. The zero-order chi connectivity index (χ0) is 27.2. The Hall–Kier alpha value is -2.35. The van der Waals surface area contributed by atoms with Crippen molar-refractivity contribution in [2.45, 2.75) is 142 Å². The fourth-order valence-electron chi connectivity index (χ4n) is 5.82. The zero-order valence-electron chi connectivity index (χ0n) is 25.2. The van der Waals surface area contributed by atoms with Crippen LogP contribution in [0.5, 0.6) is 0 Å². The van der Waals surface area contributed by atoms with E-state index in [0.717, 1.165) is 25.9 Å². The summed E-state index contributed by atoms with van der Waals surface area (Å²) in [5, 5.41) is 0. The number of imidazole rings is 1. The van der Waals surface area contributed by atoms with Crippen molar-refractivity contribution < 1.29 is 4.57 Å². The van der Waals surface area contributed by atoms with Crippen LogP contribution in [0.25, 0.3) is 0 Å². The van der Waals surface area contributed by atoms with Crippen LogP contribution in [0.1, 0.15) is 133 Å². The van der Waals surface area contributed by atoms with Crippen LogP contribution in [0.15, 0.2) is 73.1 Å². The highest BCUT2D eigenvalue weighted by Gasteiger charge is 2.17. The number of hydrogen-bond donors (Lipinski definition) is 0. The van der Waals surface area contributed by atoms with E-state index in [9.17, 15) is 0 Å². The van der Waals surface area contributed by atoms with Gasteiger partial charge in [0.2, 0.25) is 0 Å². The van der Waals surface area contributed by atoms with Gasteiger partial charge in [0.05, 0.1) is 19.5 Å². The maximum atomic E-state index is 2.53. The standard InChI is InChI=1S/C37H57N2/c1-2-3-4-5-6-7-8-9-10-11-12-13-14-15-16-23-30-38-32-33-39(31-24-29-35-25-19-17-20-26-35)37(38)34-36-27-21-18-22-28-36/h17-22,25-28,32-33H,2-16,23-24,29-31,34H2,1H3/q+1. The first-order valence-electron chi connectivity index (χ1n) is 16.5. The summed E-state index contributed by atoms with van der Waals surface area (Å²) in [6.07, 6.45) is 30.8. The third-order valence-electron chi connectivity index (χ3n) is 8.25. The van der Waals surface area contributed by atoms with Crippen LogP contribution in [0, 0.1) is 0 Å². The molecule has 0 atom stereocenters. The molecule has 3 aromatic rings. The van der Waals surface area contributed by atoms with E-state index in [1.165, 1.54) is 126 Å². The smallest absolute Gasteiger partial charge is 0.234 e. The minimum Gasteiger partial charge on any atom is -0.234 e. The van der Waals surface area contributed by atoms with Gasteiger partial charge >= 0.3 is 0 Å². The molecule has 0 aliphatic carbocycles. The molecular formula is C37H57N2+. The number of nitrogens with zero attached hydrogens (tertiary/aromatic N) is 2. The molecule has 2 heteroatoms. The second kappa shape index (κ2) is 20.5. The summed E-state index contributed by atoms with van der Waals surface area (Å²) in [7, 11) is 0. The van der Waals surface area contributed by atoms with E-state index in [2.05, 4.69) is 89.1 Å². The van der Waals surface area contributed by atoms with Crippen LogP contribution in [-0.2, 0) is 25.9 Å². The number of benzene rings is 2. The highest BCUT2D eigenvalue weighted by Crippen LogP contribution is 2.15. The largest absolute Gasteiger partial charge is 0.260 e. The molecule has 2 nitrogen and oxygen atoms in total.